The molecule has 0 aliphatic heterocycles. The Morgan fingerprint density at radius 3 is 2.78 bits per heavy atom. The Hall–Kier alpha value is -1.20. The van der Waals surface area contributed by atoms with Crippen molar-refractivity contribution in [2.75, 3.05) is 11.1 Å². The van der Waals surface area contributed by atoms with E-state index in [1.54, 1.807) is 6.92 Å². The molecule has 18 heavy (non-hydrogen) atoms. The molecule has 0 bridgehead atoms. The maximum Gasteiger partial charge on any atom is 0.242 e. The maximum atomic E-state index is 11.8. The number of carbonyl (C=O) groups is 1. The van der Waals surface area contributed by atoms with E-state index in [4.69, 9.17) is 28.9 Å². The molecule has 0 spiro atoms. The highest BCUT2D eigenvalue weighted by atomic mass is 35.5. The molecule has 1 aromatic heterocycles. The number of pyridine rings is 1. The third-order valence-electron chi connectivity index (χ3n) is 2.63. The van der Waals surface area contributed by atoms with Crippen LogP contribution < -0.4 is 16.4 Å². The van der Waals surface area contributed by atoms with Crippen LogP contribution in [-0.2, 0) is 4.79 Å². The predicted octanol–water partition coefficient (Wildman–Crippen LogP) is 2.05. The van der Waals surface area contributed by atoms with Crippen molar-refractivity contribution in [3.63, 3.8) is 0 Å². The monoisotopic (exact) mass is 288 g/mol. The van der Waals surface area contributed by atoms with Crippen LogP contribution in [0.2, 0.25) is 10.0 Å². The molecule has 0 radical (unpaired) electrons. The predicted molar refractivity (Wildman–Crippen MR) is 72.9 cm³/mol. The second-order valence-corrected chi connectivity index (χ2v) is 5.15. The van der Waals surface area contributed by atoms with E-state index in [0.29, 0.717) is 21.9 Å². The fourth-order valence-corrected chi connectivity index (χ4v) is 1.82. The van der Waals surface area contributed by atoms with Crippen molar-refractivity contribution in [1.82, 2.24) is 10.3 Å². The van der Waals surface area contributed by atoms with Gasteiger partial charge in [-0.2, -0.15) is 0 Å². The first-order valence-electron chi connectivity index (χ1n) is 5.66. The van der Waals surface area contributed by atoms with Crippen LogP contribution in [0, 0.1) is 0 Å². The fourth-order valence-electron chi connectivity index (χ4n) is 1.41. The third-order valence-corrected chi connectivity index (χ3v) is 3.22. The number of nitrogens with zero attached hydrogens (tertiary/aromatic N) is 1. The number of anilines is 2. The van der Waals surface area contributed by atoms with Crippen LogP contribution in [0.5, 0.6) is 0 Å². The van der Waals surface area contributed by atoms with E-state index in [1.807, 2.05) is 0 Å². The molecule has 1 amide bonds. The number of rotatable bonds is 4. The third kappa shape index (κ3) is 3.17. The minimum atomic E-state index is -0.434. The van der Waals surface area contributed by atoms with Crippen molar-refractivity contribution in [2.45, 2.75) is 31.8 Å². The molecule has 1 heterocycles. The highest BCUT2D eigenvalue weighted by Gasteiger charge is 2.26. The van der Waals surface area contributed by atoms with Gasteiger partial charge in [0.15, 0.2) is 0 Å². The Kier molecular flexibility index (Phi) is 3.82. The summed E-state index contributed by atoms with van der Waals surface area (Å²) in [4.78, 5) is 15.8. The zero-order valence-electron chi connectivity index (χ0n) is 9.84. The first kappa shape index (κ1) is 13.2. The highest BCUT2D eigenvalue weighted by Crippen LogP contribution is 2.27. The van der Waals surface area contributed by atoms with E-state index in [2.05, 4.69) is 15.6 Å². The lowest BCUT2D eigenvalue weighted by Crippen LogP contribution is -2.38. The molecule has 98 valence electrons. The lowest BCUT2D eigenvalue weighted by molar-refractivity contribution is -0.121. The Bertz CT molecular complexity index is 476. The van der Waals surface area contributed by atoms with Gasteiger partial charge in [0.25, 0.3) is 0 Å². The Morgan fingerprint density at radius 1 is 1.50 bits per heavy atom. The van der Waals surface area contributed by atoms with Gasteiger partial charge in [0, 0.05) is 6.04 Å². The molecule has 1 aromatic rings. The number of nitrogen functional groups attached to an aromatic ring is 1. The second-order valence-electron chi connectivity index (χ2n) is 4.33. The highest BCUT2D eigenvalue weighted by molar-refractivity contribution is 6.37. The van der Waals surface area contributed by atoms with Crippen molar-refractivity contribution in [3.05, 3.63) is 16.1 Å². The van der Waals surface area contributed by atoms with Gasteiger partial charge >= 0.3 is 0 Å². The second kappa shape index (κ2) is 5.20. The number of aromatic nitrogens is 1. The summed E-state index contributed by atoms with van der Waals surface area (Å²) in [5.41, 5.74) is 5.59. The van der Waals surface area contributed by atoms with Gasteiger partial charge in [-0.3, -0.25) is 4.79 Å². The van der Waals surface area contributed by atoms with Gasteiger partial charge in [0.1, 0.15) is 17.7 Å². The summed E-state index contributed by atoms with van der Waals surface area (Å²) in [6.45, 7) is 1.74. The molecule has 1 fully saturated rings. The summed E-state index contributed by atoms with van der Waals surface area (Å²) in [7, 11) is 0. The molecular weight excluding hydrogens is 275 g/mol. The van der Waals surface area contributed by atoms with E-state index >= 15 is 0 Å². The molecule has 1 unspecified atom stereocenters. The van der Waals surface area contributed by atoms with Gasteiger partial charge in [0.2, 0.25) is 5.91 Å². The fraction of sp³-hybridized carbons (Fsp3) is 0.455. The van der Waals surface area contributed by atoms with E-state index in [9.17, 15) is 4.79 Å². The van der Waals surface area contributed by atoms with Crippen LogP contribution in [0.15, 0.2) is 6.07 Å². The average Bonchev–Trinajstić information content (AvgIpc) is 3.09. The standard InChI is InChI=1S/C11H14Cl2N4O/c1-5(11(18)16-6-2-3-6)15-10-8(13)4-7(12)9(14)17-10/h4-6H,2-3H2,1H3,(H,16,18)(H3,14,15,17). The molecule has 1 saturated carbocycles. The first-order chi connectivity index (χ1) is 8.47. The molecule has 1 aliphatic carbocycles. The summed E-state index contributed by atoms with van der Waals surface area (Å²) in [5.74, 6) is 0.458. The van der Waals surface area contributed by atoms with Crippen LogP contribution in [0.4, 0.5) is 11.6 Å². The van der Waals surface area contributed by atoms with E-state index in [-0.39, 0.29) is 11.7 Å². The maximum absolute atomic E-state index is 11.8. The van der Waals surface area contributed by atoms with Gasteiger partial charge in [-0.05, 0) is 25.8 Å². The molecule has 1 atom stereocenters. The van der Waals surface area contributed by atoms with Gasteiger partial charge in [-0.1, -0.05) is 23.2 Å². The van der Waals surface area contributed by atoms with E-state index in [0.717, 1.165) is 12.8 Å². The smallest absolute Gasteiger partial charge is 0.242 e. The summed E-state index contributed by atoms with van der Waals surface area (Å²) in [6.07, 6.45) is 2.09. The van der Waals surface area contributed by atoms with Crippen LogP contribution in [-0.4, -0.2) is 23.0 Å². The number of amides is 1. The van der Waals surface area contributed by atoms with Crippen molar-refractivity contribution in [2.24, 2.45) is 0 Å². The minimum Gasteiger partial charge on any atom is -0.382 e. The minimum absolute atomic E-state index is 0.0797. The molecule has 5 nitrogen and oxygen atoms in total. The summed E-state index contributed by atoms with van der Waals surface area (Å²) in [5, 5.41) is 6.43. The van der Waals surface area contributed by atoms with Crippen molar-refractivity contribution < 1.29 is 4.79 Å². The molecule has 2 rings (SSSR count). The number of hydrogen-bond donors (Lipinski definition) is 3. The Balaban J connectivity index is 2.03. The van der Waals surface area contributed by atoms with Gasteiger partial charge in [-0.25, -0.2) is 4.98 Å². The van der Waals surface area contributed by atoms with Gasteiger partial charge in [0.05, 0.1) is 10.0 Å². The normalized spacial score (nSPS) is 16.2. The molecule has 0 aromatic carbocycles. The average molecular weight is 289 g/mol. The molecular formula is C11H14Cl2N4O. The van der Waals surface area contributed by atoms with Gasteiger partial charge < -0.3 is 16.4 Å². The van der Waals surface area contributed by atoms with Crippen molar-refractivity contribution in [3.8, 4) is 0 Å². The molecule has 4 N–H and O–H groups in total. The first-order valence-corrected chi connectivity index (χ1v) is 6.41. The topological polar surface area (TPSA) is 80.0 Å². The lowest BCUT2D eigenvalue weighted by atomic mass is 10.3. The molecule has 1 aliphatic rings. The summed E-state index contributed by atoms with van der Waals surface area (Å²) < 4.78 is 0. The SMILES string of the molecule is CC(Nc1nc(N)c(Cl)cc1Cl)C(=O)NC1CC1. The number of hydrogen-bond acceptors (Lipinski definition) is 4. The number of nitrogens with two attached hydrogens (primary N) is 1. The Labute approximate surface area is 115 Å². The van der Waals surface area contributed by atoms with E-state index < -0.39 is 6.04 Å². The summed E-state index contributed by atoms with van der Waals surface area (Å²) in [6, 6.07) is 1.39. The van der Waals surface area contributed by atoms with Crippen molar-refractivity contribution >= 4 is 40.7 Å². The number of nitrogens with one attached hydrogen (secondary N) is 2. The number of halogens is 2. The largest absolute Gasteiger partial charge is 0.382 e. The van der Waals surface area contributed by atoms with Gasteiger partial charge in [-0.15, -0.1) is 0 Å². The van der Waals surface area contributed by atoms with Crippen LogP contribution >= 0.6 is 23.2 Å². The van der Waals surface area contributed by atoms with Crippen LogP contribution in [0.1, 0.15) is 19.8 Å². The van der Waals surface area contributed by atoms with E-state index in [1.165, 1.54) is 6.07 Å². The van der Waals surface area contributed by atoms with Crippen LogP contribution in [0.3, 0.4) is 0 Å². The molecule has 0 saturated heterocycles. The zero-order valence-corrected chi connectivity index (χ0v) is 11.3. The number of carbonyl (C=O) groups excluding carboxylic acids is 1. The molecule has 7 heteroatoms. The quantitative estimate of drug-likeness (QED) is 0.792. The zero-order chi connectivity index (χ0) is 13.3. The van der Waals surface area contributed by atoms with Crippen LogP contribution in [0.25, 0.3) is 0 Å². The summed E-state index contributed by atoms with van der Waals surface area (Å²) >= 11 is 11.8. The lowest BCUT2D eigenvalue weighted by Gasteiger charge is -2.15. The Morgan fingerprint density at radius 2 is 2.17 bits per heavy atom. The van der Waals surface area contributed by atoms with Crippen molar-refractivity contribution in [1.29, 1.82) is 0 Å².